The predicted molar refractivity (Wildman–Crippen MR) is 111 cm³/mol. The van der Waals surface area contributed by atoms with Gasteiger partial charge in [0.05, 0.1) is 27.1 Å². The average molecular weight is 440 g/mol. The van der Waals surface area contributed by atoms with E-state index in [4.69, 9.17) is 0 Å². The molecular formula is C20H16N4O6S. The van der Waals surface area contributed by atoms with Gasteiger partial charge in [0.2, 0.25) is 0 Å². The molecule has 2 amide bonds. The molecule has 2 aromatic carbocycles. The van der Waals surface area contributed by atoms with Crippen LogP contribution in [0.2, 0.25) is 0 Å². The summed E-state index contributed by atoms with van der Waals surface area (Å²) in [4.78, 5) is 52.2. The number of hydrogen-bond acceptors (Lipinski definition) is 7. The minimum absolute atomic E-state index is 0.152. The van der Waals surface area contributed by atoms with Crippen molar-refractivity contribution in [2.45, 2.75) is 18.1 Å². The van der Waals surface area contributed by atoms with Crippen LogP contribution in [0.1, 0.15) is 27.1 Å². The Balaban J connectivity index is 1.47. The Morgan fingerprint density at radius 2 is 1.81 bits per heavy atom. The van der Waals surface area contributed by atoms with Gasteiger partial charge in [-0.25, -0.2) is 4.98 Å². The van der Waals surface area contributed by atoms with E-state index in [1.807, 2.05) is 0 Å². The monoisotopic (exact) mass is 440 g/mol. The topological polar surface area (TPSA) is 136 Å². The molecule has 1 aliphatic heterocycles. The number of hydrogen-bond donors (Lipinski definition) is 1. The molecule has 0 saturated carbocycles. The fourth-order valence-electron chi connectivity index (χ4n) is 3.43. The molecule has 31 heavy (non-hydrogen) atoms. The lowest BCUT2D eigenvalue weighted by Crippen LogP contribution is -2.31. The van der Waals surface area contributed by atoms with E-state index < -0.39 is 17.4 Å². The Labute approximate surface area is 179 Å². The van der Waals surface area contributed by atoms with Crippen LogP contribution in [0.5, 0.6) is 0 Å². The molecule has 4 rings (SSSR count). The lowest BCUT2D eigenvalue weighted by Gasteiger charge is -2.13. The molecule has 10 nitrogen and oxygen atoms in total. The molecule has 2 heterocycles. The third-order valence-corrected chi connectivity index (χ3v) is 5.90. The van der Waals surface area contributed by atoms with Gasteiger partial charge in [0, 0.05) is 24.4 Å². The molecular weight excluding hydrogens is 424 g/mol. The average Bonchev–Trinajstić information content (AvgIpc) is 3.20. The Bertz CT molecular complexity index is 1200. The lowest BCUT2D eigenvalue weighted by molar-refractivity contribution is -0.384. The zero-order valence-electron chi connectivity index (χ0n) is 16.1. The summed E-state index contributed by atoms with van der Waals surface area (Å²) in [6, 6.07) is 10.8. The van der Waals surface area contributed by atoms with Crippen molar-refractivity contribution in [3.05, 3.63) is 63.7 Å². The molecule has 3 aromatic rings. The summed E-state index contributed by atoms with van der Waals surface area (Å²) in [6.45, 7) is -0.164. The van der Waals surface area contributed by atoms with Crippen LogP contribution in [-0.4, -0.2) is 54.6 Å². The molecule has 158 valence electrons. The summed E-state index contributed by atoms with van der Waals surface area (Å²) in [6.07, 6.45) is 0.479. The van der Waals surface area contributed by atoms with Crippen molar-refractivity contribution < 1.29 is 24.4 Å². The summed E-state index contributed by atoms with van der Waals surface area (Å²) in [5.74, 6) is -1.27. The lowest BCUT2D eigenvalue weighted by atomic mass is 10.1. The number of carbonyl (C=O) groups excluding carboxylic acids is 2. The largest absolute Gasteiger partial charge is 0.480 e. The highest BCUT2D eigenvalue weighted by molar-refractivity contribution is 7.99. The van der Waals surface area contributed by atoms with Crippen molar-refractivity contribution in [1.29, 1.82) is 0 Å². The van der Waals surface area contributed by atoms with Gasteiger partial charge in [-0.1, -0.05) is 23.9 Å². The van der Waals surface area contributed by atoms with Gasteiger partial charge in [0.1, 0.15) is 6.54 Å². The highest BCUT2D eigenvalue weighted by atomic mass is 32.2. The Morgan fingerprint density at radius 3 is 2.42 bits per heavy atom. The first-order chi connectivity index (χ1) is 14.9. The van der Waals surface area contributed by atoms with Crippen LogP contribution in [0.25, 0.3) is 11.0 Å². The number of fused-ring (bicyclic) bond motifs is 2. The first-order valence-corrected chi connectivity index (χ1v) is 10.3. The number of nitro benzene ring substituents is 1. The zero-order chi connectivity index (χ0) is 22.1. The maximum atomic E-state index is 12.4. The number of carboxylic acid groups (broad SMARTS) is 1. The highest BCUT2D eigenvalue weighted by Gasteiger charge is 2.34. The first kappa shape index (κ1) is 20.5. The summed E-state index contributed by atoms with van der Waals surface area (Å²) in [5, 5.41) is 20.7. The number of nitrogens with zero attached hydrogens (tertiary/aromatic N) is 4. The molecule has 0 fully saturated rings. The van der Waals surface area contributed by atoms with Crippen molar-refractivity contribution in [2.75, 3.05) is 12.3 Å². The van der Waals surface area contributed by atoms with Gasteiger partial charge in [-0.2, -0.15) is 0 Å². The van der Waals surface area contributed by atoms with Gasteiger partial charge in [0.25, 0.3) is 17.5 Å². The molecule has 0 aliphatic carbocycles. The van der Waals surface area contributed by atoms with Crippen LogP contribution in [0.15, 0.2) is 47.6 Å². The van der Waals surface area contributed by atoms with Gasteiger partial charge in [-0.3, -0.25) is 29.4 Å². The number of benzene rings is 2. The van der Waals surface area contributed by atoms with Gasteiger partial charge < -0.3 is 9.67 Å². The van der Waals surface area contributed by atoms with Gasteiger partial charge in [-0.05, 0) is 24.6 Å². The summed E-state index contributed by atoms with van der Waals surface area (Å²) in [7, 11) is 0. The van der Waals surface area contributed by atoms with Crippen LogP contribution in [-0.2, 0) is 11.3 Å². The SMILES string of the molecule is O=C(O)Cn1c(SCCCN2C(=O)c3ccccc3C2=O)nc2ccc([N+](=O)[O-])cc21. The summed E-state index contributed by atoms with van der Waals surface area (Å²) >= 11 is 1.27. The van der Waals surface area contributed by atoms with Crippen molar-refractivity contribution in [2.24, 2.45) is 0 Å². The van der Waals surface area contributed by atoms with Gasteiger partial charge in [-0.15, -0.1) is 0 Å². The number of aliphatic carboxylic acids is 1. The van der Waals surface area contributed by atoms with Gasteiger partial charge in [0.15, 0.2) is 5.16 Å². The number of carbonyl (C=O) groups is 3. The second-order valence-electron chi connectivity index (χ2n) is 6.81. The third kappa shape index (κ3) is 3.87. The number of amides is 2. The molecule has 0 saturated heterocycles. The van der Waals surface area contributed by atoms with E-state index in [0.29, 0.717) is 39.5 Å². The molecule has 0 unspecified atom stereocenters. The quantitative estimate of drug-likeness (QED) is 0.186. The fourth-order valence-corrected chi connectivity index (χ4v) is 4.37. The summed E-state index contributed by atoms with van der Waals surface area (Å²) < 4.78 is 1.41. The van der Waals surface area contributed by atoms with E-state index in [0.717, 1.165) is 0 Å². The van der Waals surface area contributed by atoms with Crippen LogP contribution < -0.4 is 0 Å². The molecule has 0 atom stereocenters. The van der Waals surface area contributed by atoms with E-state index in [2.05, 4.69) is 4.98 Å². The van der Waals surface area contributed by atoms with E-state index in [1.54, 1.807) is 24.3 Å². The number of thioether (sulfide) groups is 1. The second-order valence-corrected chi connectivity index (χ2v) is 7.88. The number of non-ortho nitro benzene ring substituents is 1. The molecule has 11 heteroatoms. The molecule has 1 N–H and O–H groups in total. The second kappa shape index (κ2) is 8.19. The molecule has 0 radical (unpaired) electrons. The minimum Gasteiger partial charge on any atom is -0.480 e. The number of aromatic nitrogens is 2. The van der Waals surface area contributed by atoms with Crippen LogP contribution in [0.4, 0.5) is 5.69 Å². The van der Waals surface area contributed by atoms with E-state index in [9.17, 15) is 29.6 Å². The van der Waals surface area contributed by atoms with Gasteiger partial charge >= 0.3 is 5.97 Å². The Kier molecular flexibility index (Phi) is 5.42. The van der Waals surface area contributed by atoms with Crippen LogP contribution in [0.3, 0.4) is 0 Å². The minimum atomic E-state index is -1.10. The third-order valence-electron chi connectivity index (χ3n) is 4.84. The predicted octanol–water partition coefficient (Wildman–Crippen LogP) is 2.81. The molecule has 0 spiro atoms. The molecule has 1 aliphatic rings. The molecule has 0 bridgehead atoms. The number of carboxylic acids is 1. The van der Waals surface area contributed by atoms with Crippen molar-refractivity contribution >= 4 is 46.3 Å². The normalized spacial score (nSPS) is 13.1. The smallest absolute Gasteiger partial charge is 0.323 e. The van der Waals surface area contributed by atoms with E-state index in [-0.39, 0.29) is 24.0 Å². The summed E-state index contributed by atoms with van der Waals surface area (Å²) in [5.41, 5.74) is 1.45. The van der Waals surface area contributed by atoms with E-state index >= 15 is 0 Å². The Hall–Kier alpha value is -3.73. The van der Waals surface area contributed by atoms with Crippen LogP contribution >= 0.6 is 11.8 Å². The van der Waals surface area contributed by atoms with Crippen molar-refractivity contribution in [1.82, 2.24) is 14.5 Å². The number of nitro groups is 1. The van der Waals surface area contributed by atoms with E-state index in [1.165, 1.54) is 39.4 Å². The highest BCUT2D eigenvalue weighted by Crippen LogP contribution is 2.28. The standard InChI is InChI=1S/C20H16N4O6S/c25-17(26)11-23-16-10-12(24(29)30)6-7-15(16)21-20(23)31-9-3-8-22-18(27)13-4-1-2-5-14(13)19(22)28/h1-2,4-7,10H,3,8-9,11H2,(H,25,26). The Morgan fingerprint density at radius 1 is 1.13 bits per heavy atom. The maximum absolute atomic E-state index is 12.4. The maximum Gasteiger partial charge on any atom is 0.323 e. The van der Waals surface area contributed by atoms with Crippen molar-refractivity contribution in [3.63, 3.8) is 0 Å². The molecule has 1 aromatic heterocycles. The number of imidazole rings is 1. The number of rotatable bonds is 8. The van der Waals surface area contributed by atoms with Crippen molar-refractivity contribution in [3.8, 4) is 0 Å². The fraction of sp³-hybridized carbons (Fsp3) is 0.200. The first-order valence-electron chi connectivity index (χ1n) is 9.31. The number of imide groups is 1. The zero-order valence-corrected chi connectivity index (χ0v) is 16.9. The van der Waals surface area contributed by atoms with Crippen LogP contribution in [0, 0.1) is 10.1 Å².